The zero-order chi connectivity index (χ0) is 19.5. The van der Waals surface area contributed by atoms with Gasteiger partial charge in [0.25, 0.3) is 11.8 Å². The van der Waals surface area contributed by atoms with Gasteiger partial charge in [-0.25, -0.2) is 9.80 Å². The van der Waals surface area contributed by atoms with E-state index in [1.165, 1.54) is 5.01 Å². The molecular weight excluding hydrogens is 332 g/mol. The molecule has 0 aliphatic carbocycles. The molecule has 0 fully saturated rings. The normalized spacial score (nSPS) is 14.0. The van der Waals surface area contributed by atoms with Gasteiger partial charge >= 0.3 is 6.09 Å². The smallest absolute Gasteiger partial charge is 0.430 e. The molecule has 0 N–H and O–H groups in total. The highest BCUT2D eigenvalue weighted by molar-refractivity contribution is 6.21. The van der Waals surface area contributed by atoms with E-state index in [1.807, 2.05) is 13.8 Å². The predicted octanol–water partition coefficient (Wildman–Crippen LogP) is 4.40. The van der Waals surface area contributed by atoms with E-state index in [9.17, 15) is 14.4 Å². The number of hydrogen-bond donors (Lipinski definition) is 0. The van der Waals surface area contributed by atoms with Gasteiger partial charge in [-0.3, -0.25) is 9.59 Å². The molecule has 0 bridgehead atoms. The van der Waals surface area contributed by atoms with Gasteiger partial charge in [0.05, 0.1) is 17.2 Å². The number of rotatable bonds is 6. The van der Waals surface area contributed by atoms with Crippen molar-refractivity contribution in [3.8, 4) is 0 Å². The van der Waals surface area contributed by atoms with Gasteiger partial charge in [0.15, 0.2) is 0 Å². The van der Waals surface area contributed by atoms with E-state index in [-0.39, 0.29) is 6.04 Å². The molecule has 1 aromatic rings. The van der Waals surface area contributed by atoms with E-state index in [0.717, 1.165) is 17.9 Å². The minimum Gasteiger partial charge on any atom is -0.442 e. The van der Waals surface area contributed by atoms with E-state index in [0.29, 0.717) is 24.0 Å². The second-order valence-corrected chi connectivity index (χ2v) is 7.52. The third-order valence-electron chi connectivity index (χ3n) is 4.16. The number of imide groups is 1. The molecule has 0 radical (unpaired) electrons. The first-order chi connectivity index (χ1) is 12.2. The Hall–Kier alpha value is -2.37. The Bertz CT molecular complexity index is 652. The summed E-state index contributed by atoms with van der Waals surface area (Å²) in [5.41, 5.74) is -0.0904. The summed E-state index contributed by atoms with van der Waals surface area (Å²) in [5.74, 6) is -0.956. The molecule has 1 aromatic carbocycles. The number of amides is 3. The molecule has 1 aliphatic rings. The number of carbonyl (C=O) groups is 3. The molecule has 26 heavy (non-hydrogen) atoms. The minimum atomic E-state index is -0.725. The molecule has 1 aliphatic heterocycles. The quantitative estimate of drug-likeness (QED) is 0.705. The molecule has 1 heterocycles. The van der Waals surface area contributed by atoms with Crippen molar-refractivity contribution < 1.29 is 19.1 Å². The van der Waals surface area contributed by atoms with E-state index in [2.05, 4.69) is 0 Å². The van der Waals surface area contributed by atoms with Crippen molar-refractivity contribution in [2.24, 2.45) is 0 Å². The standard InChI is InChI=1S/C20H28N2O4/c1-6-10-14(11-7-2)21(19(25)26-20(3,4)5)22-17(23)15-12-8-9-13-16(15)18(22)24/h8-9,12-14H,6-7,10-11H2,1-5H3. The maximum Gasteiger partial charge on any atom is 0.430 e. The van der Waals surface area contributed by atoms with Gasteiger partial charge in [0, 0.05) is 0 Å². The molecule has 0 spiro atoms. The van der Waals surface area contributed by atoms with Crippen LogP contribution in [0.15, 0.2) is 24.3 Å². The van der Waals surface area contributed by atoms with Gasteiger partial charge in [-0.2, -0.15) is 5.01 Å². The lowest BCUT2D eigenvalue weighted by Gasteiger charge is -2.37. The lowest BCUT2D eigenvalue weighted by molar-refractivity contribution is -0.0475. The first-order valence-corrected chi connectivity index (χ1v) is 9.21. The van der Waals surface area contributed by atoms with Gasteiger partial charge in [-0.05, 0) is 45.7 Å². The van der Waals surface area contributed by atoms with Crippen molar-refractivity contribution in [1.82, 2.24) is 10.0 Å². The molecule has 0 saturated carbocycles. The Morgan fingerprint density at radius 1 is 1.04 bits per heavy atom. The zero-order valence-corrected chi connectivity index (χ0v) is 16.2. The lowest BCUT2D eigenvalue weighted by Crippen LogP contribution is -2.55. The summed E-state index contributed by atoms with van der Waals surface area (Å²) in [6.45, 7) is 9.32. The van der Waals surface area contributed by atoms with Crippen LogP contribution in [0.2, 0.25) is 0 Å². The minimum absolute atomic E-state index is 0.276. The molecular formula is C20H28N2O4. The summed E-state index contributed by atoms with van der Waals surface area (Å²) in [7, 11) is 0. The van der Waals surface area contributed by atoms with Crippen LogP contribution < -0.4 is 0 Å². The van der Waals surface area contributed by atoms with Crippen molar-refractivity contribution in [3.63, 3.8) is 0 Å². The van der Waals surface area contributed by atoms with Crippen molar-refractivity contribution in [1.29, 1.82) is 0 Å². The molecule has 0 saturated heterocycles. The second-order valence-electron chi connectivity index (χ2n) is 7.52. The summed E-state index contributed by atoms with van der Waals surface area (Å²) in [5, 5.41) is 2.21. The van der Waals surface area contributed by atoms with E-state index >= 15 is 0 Å². The van der Waals surface area contributed by atoms with Crippen LogP contribution in [0.4, 0.5) is 4.79 Å². The van der Waals surface area contributed by atoms with Crippen LogP contribution >= 0.6 is 0 Å². The highest BCUT2D eigenvalue weighted by Crippen LogP contribution is 2.29. The van der Waals surface area contributed by atoms with Crippen LogP contribution in [0.25, 0.3) is 0 Å². The molecule has 3 amide bonds. The molecule has 6 nitrogen and oxygen atoms in total. The Labute approximate surface area is 155 Å². The van der Waals surface area contributed by atoms with E-state index in [4.69, 9.17) is 4.74 Å². The molecule has 0 aromatic heterocycles. The Morgan fingerprint density at radius 3 is 1.88 bits per heavy atom. The summed E-state index contributed by atoms with van der Waals surface area (Å²) >= 11 is 0. The molecule has 0 unspecified atom stereocenters. The summed E-state index contributed by atoms with van der Waals surface area (Å²) < 4.78 is 5.52. The van der Waals surface area contributed by atoms with E-state index in [1.54, 1.807) is 45.0 Å². The number of hydrazine groups is 1. The first kappa shape index (κ1) is 19.9. The van der Waals surface area contributed by atoms with Gasteiger partial charge in [-0.1, -0.05) is 38.8 Å². The van der Waals surface area contributed by atoms with Crippen LogP contribution in [-0.4, -0.2) is 39.6 Å². The highest BCUT2D eigenvalue weighted by Gasteiger charge is 2.44. The van der Waals surface area contributed by atoms with E-state index < -0.39 is 23.5 Å². The molecule has 6 heteroatoms. The molecule has 142 valence electrons. The Kier molecular flexibility index (Phi) is 6.05. The molecule has 0 atom stereocenters. The van der Waals surface area contributed by atoms with Crippen molar-refractivity contribution in [2.45, 2.75) is 71.9 Å². The Balaban J connectivity index is 2.45. The zero-order valence-electron chi connectivity index (χ0n) is 16.2. The highest BCUT2D eigenvalue weighted by atomic mass is 16.6. The largest absolute Gasteiger partial charge is 0.442 e. The number of ether oxygens (including phenoxy) is 1. The van der Waals surface area contributed by atoms with Crippen LogP contribution in [0, 0.1) is 0 Å². The monoisotopic (exact) mass is 360 g/mol. The van der Waals surface area contributed by atoms with Crippen molar-refractivity contribution in [3.05, 3.63) is 35.4 Å². The maximum absolute atomic E-state index is 12.9. The fraction of sp³-hybridized carbons (Fsp3) is 0.550. The fourth-order valence-electron chi connectivity index (χ4n) is 3.13. The average Bonchev–Trinajstić information content (AvgIpc) is 2.80. The number of nitrogens with zero attached hydrogens (tertiary/aromatic N) is 2. The lowest BCUT2D eigenvalue weighted by atomic mass is 10.1. The van der Waals surface area contributed by atoms with Gasteiger partial charge < -0.3 is 4.74 Å². The van der Waals surface area contributed by atoms with Crippen LogP contribution in [-0.2, 0) is 4.74 Å². The second kappa shape index (κ2) is 7.89. The third kappa shape index (κ3) is 4.06. The fourth-order valence-corrected chi connectivity index (χ4v) is 3.13. The van der Waals surface area contributed by atoms with Crippen LogP contribution in [0.1, 0.15) is 81.0 Å². The summed E-state index contributed by atoms with van der Waals surface area (Å²) in [6, 6.07) is 6.36. The van der Waals surface area contributed by atoms with Crippen molar-refractivity contribution in [2.75, 3.05) is 0 Å². The van der Waals surface area contributed by atoms with Crippen molar-refractivity contribution >= 4 is 17.9 Å². The number of fused-ring (bicyclic) bond motifs is 1. The van der Waals surface area contributed by atoms with Gasteiger partial charge in [0.1, 0.15) is 5.60 Å². The van der Waals surface area contributed by atoms with Gasteiger partial charge in [0.2, 0.25) is 0 Å². The number of hydrogen-bond acceptors (Lipinski definition) is 4. The predicted molar refractivity (Wildman–Crippen MR) is 98.6 cm³/mol. The SMILES string of the molecule is CCCC(CCC)N(C(=O)OC(C)(C)C)N1C(=O)c2ccccc2C1=O. The van der Waals surface area contributed by atoms with Gasteiger partial charge in [-0.15, -0.1) is 0 Å². The molecule has 2 rings (SSSR count). The first-order valence-electron chi connectivity index (χ1n) is 9.21. The average molecular weight is 360 g/mol. The topological polar surface area (TPSA) is 66.9 Å². The van der Waals surface area contributed by atoms with Crippen LogP contribution in [0.5, 0.6) is 0 Å². The number of carbonyl (C=O) groups excluding carboxylic acids is 3. The third-order valence-corrected chi connectivity index (χ3v) is 4.16. The number of benzene rings is 1. The summed E-state index contributed by atoms with van der Waals surface area (Å²) in [4.78, 5) is 38.7. The van der Waals surface area contributed by atoms with Crippen LogP contribution in [0.3, 0.4) is 0 Å². The Morgan fingerprint density at radius 2 is 1.50 bits per heavy atom. The summed E-state index contributed by atoms with van der Waals surface area (Å²) in [6.07, 6.45) is 2.35. The maximum atomic E-state index is 12.9.